The van der Waals surface area contributed by atoms with Crippen LogP contribution in [0.2, 0.25) is 0 Å². The summed E-state index contributed by atoms with van der Waals surface area (Å²) in [5.74, 6) is 1.21. The molecule has 5 nitrogen and oxygen atoms in total. The van der Waals surface area contributed by atoms with Crippen molar-refractivity contribution in [2.75, 3.05) is 33.5 Å². The summed E-state index contributed by atoms with van der Waals surface area (Å²) in [6.07, 6.45) is 0.798. The standard InChI is InChI=1S/C13H17NO4/c1-16-6-2-5-14-13(15)10-3-4-11-12(9-10)18-8-7-17-11/h3-4,9H,2,5-8H2,1H3,(H,14,15). The third-order valence-electron chi connectivity index (χ3n) is 2.62. The quantitative estimate of drug-likeness (QED) is 0.799. The smallest absolute Gasteiger partial charge is 0.251 e. The normalized spacial score (nSPS) is 13.2. The molecule has 98 valence electrons. The van der Waals surface area contributed by atoms with Crippen molar-refractivity contribution in [2.24, 2.45) is 0 Å². The molecule has 0 fully saturated rings. The maximum absolute atomic E-state index is 11.8. The van der Waals surface area contributed by atoms with Gasteiger partial charge in [-0.3, -0.25) is 4.79 Å². The fraction of sp³-hybridized carbons (Fsp3) is 0.462. The number of methoxy groups -OCH3 is 1. The van der Waals surface area contributed by atoms with Gasteiger partial charge in [-0.1, -0.05) is 0 Å². The Bertz CT molecular complexity index is 419. The first-order valence-electron chi connectivity index (χ1n) is 5.98. The van der Waals surface area contributed by atoms with Gasteiger partial charge in [0.15, 0.2) is 11.5 Å². The van der Waals surface area contributed by atoms with Gasteiger partial charge in [0.1, 0.15) is 13.2 Å². The number of carbonyl (C=O) groups is 1. The van der Waals surface area contributed by atoms with E-state index in [1.165, 1.54) is 0 Å². The molecule has 0 aliphatic carbocycles. The summed E-state index contributed by atoms with van der Waals surface area (Å²) < 4.78 is 15.7. The van der Waals surface area contributed by atoms with E-state index >= 15 is 0 Å². The highest BCUT2D eigenvalue weighted by Crippen LogP contribution is 2.30. The minimum Gasteiger partial charge on any atom is -0.486 e. The summed E-state index contributed by atoms with van der Waals surface area (Å²) in [5.41, 5.74) is 0.580. The third-order valence-corrected chi connectivity index (χ3v) is 2.62. The van der Waals surface area contributed by atoms with E-state index in [2.05, 4.69) is 5.32 Å². The van der Waals surface area contributed by atoms with Crippen LogP contribution in [0, 0.1) is 0 Å². The van der Waals surface area contributed by atoms with Crippen LogP contribution in [0.15, 0.2) is 18.2 Å². The zero-order chi connectivity index (χ0) is 12.8. The third kappa shape index (κ3) is 3.13. The van der Waals surface area contributed by atoms with Gasteiger partial charge in [0.25, 0.3) is 5.91 Å². The molecular weight excluding hydrogens is 234 g/mol. The molecule has 1 heterocycles. The van der Waals surface area contributed by atoms with E-state index in [0.717, 1.165) is 6.42 Å². The maximum Gasteiger partial charge on any atom is 0.251 e. The molecule has 1 aliphatic rings. The van der Waals surface area contributed by atoms with E-state index in [9.17, 15) is 4.79 Å². The monoisotopic (exact) mass is 251 g/mol. The number of hydrogen-bond acceptors (Lipinski definition) is 4. The van der Waals surface area contributed by atoms with Gasteiger partial charge in [-0.05, 0) is 24.6 Å². The number of benzene rings is 1. The van der Waals surface area contributed by atoms with Crippen LogP contribution in [0.4, 0.5) is 0 Å². The summed E-state index contributed by atoms with van der Waals surface area (Å²) >= 11 is 0. The van der Waals surface area contributed by atoms with Crippen molar-refractivity contribution < 1.29 is 19.0 Å². The fourth-order valence-electron chi connectivity index (χ4n) is 1.71. The highest BCUT2D eigenvalue weighted by Gasteiger charge is 2.14. The second-order valence-corrected chi connectivity index (χ2v) is 3.96. The lowest BCUT2D eigenvalue weighted by molar-refractivity contribution is 0.0947. The molecule has 0 unspecified atom stereocenters. The van der Waals surface area contributed by atoms with Crippen LogP contribution in [-0.4, -0.2) is 39.4 Å². The van der Waals surface area contributed by atoms with Crippen molar-refractivity contribution in [3.63, 3.8) is 0 Å². The van der Waals surface area contributed by atoms with Gasteiger partial charge in [-0.25, -0.2) is 0 Å². The van der Waals surface area contributed by atoms with Gasteiger partial charge < -0.3 is 19.5 Å². The highest BCUT2D eigenvalue weighted by atomic mass is 16.6. The van der Waals surface area contributed by atoms with E-state index in [1.807, 2.05) is 0 Å². The number of fused-ring (bicyclic) bond motifs is 1. The summed E-state index contributed by atoms with van der Waals surface area (Å²) in [6.45, 7) is 2.31. The van der Waals surface area contributed by atoms with Gasteiger partial charge in [0.05, 0.1) is 0 Å². The molecule has 1 N–H and O–H groups in total. The number of rotatable bonds is 5. The van der Waals surface area contributed by atoms with Crippen molar-refractivity contribution in [1.29, 1.82) is 0 Å². The zero-order valence-corrected chi connectivity index (χ0v) is 10.4. The number of ether oxygens (including phenoxy) is 3. The second-order valence-electron chi connectivity index (χ2n) is 3.96. The van der Waals surface area contributed by atoms with Crippen LogP contribution < -0.4 is 14.8 Å². The van der Waals surface area contributed by atoms with Crippen molar-refractivity contribution in [3.8, 4) is 11.5 Å². The van der Waals surface area contributed by atoms with Crippen LogP contribution in [0.3, 0.4) is 0 Å². The van der Waals surface area contributed by atoms with Crippen molar-refractivity contribution in [3.05, 3.63) is 23.8 Å². The summed E-state index contributed by atoms with van der Waals surface area (Å²) in [4.78, 5) is 11.8. The van der Waals surface area contributed by atoms with Crippen molar-refractivity contribution >= 4 is 5.91 Å². The van der Waals surface area contributed by atoms with Crippen molar-refractivity contribution in [2.45, 2.75) is 6.42 Å². The molecule has 0 aromatic heterocycles. The molecule has 0 saturated heterocycles. The second kappa shape index (κ2) is 6.26. The van der Waals surface area contributed by atoms with E-state index in [1.54, 1.807) is 25.3 Å². The molecule has 5 heteroatoms. The average molecular weight is 251 g/mol. The van der Waals surface area contributed by atoms with E-state index in [4.69, 9.17) is 14.2 Å². The molecule has 2 rings (SSSR count). The molecule has 0 radical (unpaired) electrons. The first-order valence-corrected chi connectivity index (χ1v) is 5.98. The molecule has 1 amide bonds. The van der Waals surface area contributed by atoms with E-state index in [-0.39, 0.29) is 5.91 Å². The molecular formula is C13H17NO4. The van der Waals surface area contributed by atoms with Crippen LogP contribution in [0.1, 0.15) is 16.8 Å². The van der Waals surface area contributed by atoms with Gasteiger partial charge >= 0.3 is 0 Å². The summed E-state index contributed by atoms with van der Waals surface area (Å²) in [5, 5.41) is 2.83. The van der Waals surface area contributed by atoms with E-state index < -0.39 is 0 Å². The molecule has 1 aliphatic heterocycles. The predicted molar refractivity (Wildman–Crippen MR) is 66.3 cm³/mol. The lowest BCUT2D eigenvalue weighted by Gasteiger charge is -2.18. The first-order chi connectivity index (χ1) is 8.81. The van der Waals surface area contributed by atoms with Gasteiger partial charge in [-0.2, -0.15) is 0 Å². The Labute approximate surface area is 106 Å². The summed E-state index contributed by atoms with van der Waals surface area (Å²) in [7, 11) is 1.64. The zero-order valence-electron chi connectivity index (χ0n) is 10.4. The minimum absolute atomic E-state index is 0.108. The Morgan fingerprint density at radius 2 is 2.11 bits per heavy atom. The minimum atomic E-state index is -0.108. The van der Waals surface area contributed by atoms with Crippen LogP contribution in [0.5, 0.6) is 11.5 Å². The Morgan fingerprint density at radius 3 is 2.89 bits per heavy atom. The lowest BCUT2D eigenvalue weighted by atomic mass is 10.2. The molecule has 1 aromatic rings. The maximum atomic E-state index is 11.8. The molecule has 0 atom stereocenters. The van der Waals surface area contributed by atoms with Crippen molar-refractivity contribution in [1.82, 2.24) is 5.32 Å². The van der Waals surface area contributed by atoms with Crippen LogP contribution in [-0.2, 0) is 4.74 Å². The predicted octanol–water partition coefficient (Wildman–Crippen LogP) is 1.22. The molecule has 0 bridgehead atoms. The van der Waals surface area contributed by atoms with Gasteiger partial charge in [0.2, 0.25) is 0 Å². The topological polar surface area (TPSA) is 56.8 Å². The lowest BCUT2D eigenvalue weighted by Crippen LogP contribution is -2.25. The number of amides is 1. The number of hydrogen-bond donors (Lipinski definition) is 1. The molecule has 1 aromatic carbocycles. The SMILES string of the molecule is COCCCNC(=O)c1ccc2c(c1)OCCO2. The van der Waals surface area contributed by atoms with Crippen LogP contribution in [0.25, 0.3) is 0 Å². The highest BCUT2D eigenvalue weighted by molar-refractivity contribution is 5.94. The van der Waals surface area contributed by atoms with Gasteiger partial charge in [0, 0.05) is 25.8 Å². The van der Waals surface area contributed by atoms with Crippen LogP contribution >= 0.6 is 0 Å². The molecule has 0 spiro atoms. The first kappa shape index (κ1) is 12.7. The Balaban J connectivity index is 1.94. The Kier molecular flexibility index (Phi) is 4.41. The van der Waals surface area contributed by atoms with Gasteiger partial charge in [-0.15, -0.1) is 0 Å². The van der Waals surface area contributed by atoms with E-state index in [0.29, 0.717) is 43.4 Å². The number of nitrogens with one attached hydrogen (secondary N) is 1. The Morgan fingerprint density at radius 1 is 1.33 bits per heavy atom. The largest absolute Gasteiger partial charge is 0.486 e. The molecule has 18 heavy (non-hydrogen) atoms. The Hall–Kier alpha value is -1.75. The molecule has 0 saturated carbocycles. The average Bonchev–Trinajstić information content (AvgIpc) is 2.43. The number of carbonyl (C=O) groups excluding carboxylic acids is 1. The fourth-order valence-corrected chi connectivity index (χ4v) is 1.71. The summed E-state index contributed by atoms with van der Waals surface area (Å²) in [6, 6.07) is 5.21.